The molecule has 0 unspecified atom stereocenters. The second-order valence-corrected chi connectivity index (χ2v) is 7.61. The van der Waals surface area contributed by atoms with E-state index in [2.05, 4.69) is 26.5 Å². The quantitative estimate of drug-likeness (QED) is 0.267. The standard InChI is InChI=1S/C23H20BrN3O5/c1-15-5-3-4-6-19(15)23(28)26-25-13-17-11-20(24)22(21(12-17)31-2)32-14-16-7-9-18(10-8-16)27(29)30/h3-13H,14H2,1-2H3,(H,26,28)/b25-13-. The summed E-state index contributed by atoms with van der Waals surface area (Å²) in [5.41, 5.74) is 5.40. The van der Waals surface area contributed by atoms with Crippen molar-refractivity contribution in [2.75, 3.05) is 7.11 Å². The zero-order valence-electron chi connectivity index (χ0n) is 17.4. The van der Waals surface area contributed by atoms with Gasteiger partial charge in [0.15, 0.2) is 11.5 Å². The van der Waals surface area contributed by atoms with Crippen LogP contribution in [0.15, 0.2) is 70.2 Å². The summed E-state index contributed by atoms with van der Waals surface area (Å²) in [7, 11) is 1.52. The highest BCUT2D eigenvalue weighted by molar-refractivity contribution is 9.10. The van der Waals surface area contributed by atoms with Gasteiger partial charge in [-0.05, 0) is 69.9 Å². The lowest BCUT2D eigenvalue weighted by Gasteiger charge is -2.13. The molecular formula is C23H20BrN3O5. The van der Waals surface area contributed by atoms with Gasteiger partial charge in [0, 0.05) is 17.7 Å². The molecule has 0 aliphatic carbocycles. The fourth-order valence-electron chi connectivity index (χ4n) is 2.88. The van der Waals surface area contributed by atoms with Gasteiger partial charge in [-0.3, -0.25) is 14.9 Å². The summed E-state index contributed by atoms with van der Waals surface area (Å²) < 4.78 is 11.9. The topological polar surface area (TPSA) is 103 Å². The number of hydrogen-bond donors (Lipinski definition) is 1. The number of halogens is 1. The summed E-state index contributed by atoms with van der Waals surface area (Å²) in [6.07, 6.45) is 1.50. The molecule has 0 aromatic heterocycles. The molecule has 3 aromatic rings. The highest BCUT2D eigenvalue weighted by Crippen LogP contribution is 2.37. The first-order valence-corrected chi connectivity index (χ1v) is 10.3. The van der Waals surface area contributed by atoms with Gasteiger partial charge in [0.1, 0.15) is 6.61 Å². The third kappa shape index (κ3) is 5.70. The van der Waals surface area contributed by atoms with Gasteiger partial charge in [-0.1, -0.05) is 18.2 Å². The molecule has 0 spiro atoms. The van der Waals surface area contributed by atoms with E-state index in [1.807, 2.05) is 19.1 Å². The first-order chi connectivity index (χ1) is 15.4. The maximum Gasteiger partial charge on any atom is 0.271 e. The Morgan fingerprint density at radius 2 is 1.91 bits per heavy atom. The fourth-order valence-corrected chi connectivity index (χ4v) is 3.45. The molecule has 0 heterocycles. The number of aryl methyl sites for hydroxylation is 1. The van der Waals surface area contributed by atoms with Gasteiger partial charge in [0.2, 0.25) is 0 Å². The lowest BCUT2D eigenvalue weighted by Crippen LogP contribution is -2.18. The van der Waals surface area contributed by atoms with Crippen LogP contribution in [0.25, 0.3) is 0 Å². The van der Waals surface area contributed by atoms with Gasteiger partial charge >= 0.3 is 0 Å². The van der Waals surface area contributed by atoms with Crippen LogP contribution in [0.3, 0.4) is 0 Å². The average Bonchev–Trinajstić information content (AvgIpc) is 2.78. The summed E-state index contributed by atoms with van der Waals surface area (Å²) in [4.78, 5) is 22.6. The smallest absolute Gasteiger partial charge is 0.271 e. The van der Waals surface area contributed by atoms with Gasteiger partial charge in [-0.2, -0.15) is 5.10 Å². The van der Waals surface area contributed by atoms with Crippen molar-refractivity contribution in [1.82, 2.24) is 5.43 Å². The van der Waals surface area contributed by atoms with Crippen molar-refractivity contribution < 1.29 is 19.2 Å². The Balaban J connectivity index is 1.69. The molecule has 3 aromatic carbocycles. The number of nitrogens with zero attached hydrogens (tertiary/aromatic N) is 2. The summed E-state index contributed by atoms with van der Waals surface area (Å²) in [5.74, 6) is 0.647. The minimum atomic E-state index is -0.450. The van der Waals surface area contributed by atoms with E-state index < -0.39 is 4.92 Å². The van der Waals surface area contributed by atoms with Crippen molar-refractivity contribution in [2.24, 2.45) is 5.10 Å². The predicted molar refractivity (Wildman–Crippen MR) is 124 cm³/mol. The van der Waals surface area contributed by atoms with E-state index in [1.54, 1.807) is 36.4 Å². The number of nitro groups is 1. The number of carbonyl (C=O) groups is 1. The lowest BCUT2D eigenvalue weighted by atomic mass is 10.1. The normalized spacial score (nSPS) is 10.7. The van der Waals surface area contributed by atoms with Crippen LogP contribution in [0.4, 0.5) is 5.69 Å². The molecule has 0 aliphatic heterocycles. The van der Waals surface area contributed by atoms with Gasteiger partial charge in [-0.25, -0.2) is 5.43 Å². The fraction of sp³-hybridized carbons (Fsp3) is 0.130. The lowest BCUT2D eigenvalue weighted by molar-refractivity contribution is -0.384. The SMILES string of the molecule is COc1cc(/C=N\NC(=O)c2ccccc2C)cc(Br)c1OCc1ccc([N+](=O)[O-])cc1. The molecule has 0 radical (unpaired) electrons. The highest BCUT2D eigenvalue weighted by Gasteiger charge is 2.13. The van der Waals surface area contributed by atoms with Crippen molar-refractivity contribution in [1.29, 1.82) is 0 Å². The largest absolute Gasteiger partial charge is 0.493 e. The monoisotopic (exact) mass is 497 g/mol. The van der Waals surface area contributed by atoms with E-state index >= 15 is 0 Å². The molecule has 3 rings (SSSR count). The van der Waals surface area contributed by atoms with E-state index in [0.717, 1.165) is 11.1 Å². The number of benzene rings is 3. The van der Waals surface area contributed by atoms with Crippen LogP contribution in [-0.4, -0.2) is 24.2 Å². The van der Waals surface area contributed by atoms with Gasteiger partial charge in [0.05, 0.1) is 22.7 Å². The number of non-ortho nitro benzene ring substituents is 1. The third-order valence-corrected chi connectivity index (χ3v) is 5.14. The molecule has 0 aliphatic rings. The van der Waals surface area contributed by atoms with Crippen molar-refractivity contribution in [3.8, 4) is 11.5 Å². The van der Waals surface area contributed by atoms with Gasteiger partial charge in [-0.15, -0.1) is 0 Å². The van der Waals surface area contributed by atoms with E-state index in [-0.39, 0.29) is 18.2 Å². The Labute approximate surface area is 193 Å². The van der Waals surface area contributed by atoms with Crippen molar-refractivity contribution in [2.45, 2.75) is 13.5 Å². The molecule has 1 N–H and O–H groups in total. The van der Waals surface area contributed by atoms with E-state index in [9.17, 15) is 14.9 Å². The number of nitrogens with one attached hydrogen (secondary N) is 1. The Morgan fingerprint density at radius 3 is 2.56 bits per heavy atom. The van der Waals surface area contributed by atoms with E-state index in [1.165, 1.54) is 25.5 Å². The number of ether oxygens (including phenoxy) is 2. The van der Waals surface area contributed by atoms with Crippen molar-refractivity contribution in [3.63, 3.8) is 0 Å². The van der Waals surface area contributed by atoms with Crippen LogP contribution in [0.2, 0.25) is 0 Å². The Morgan fingerprint density at radius 1 is 1.19 bits per heavy atom. The molecule has 1 amide bonds. The summed E-state index contributed by atoms with van der Waals surface area (Å²) in [6, 6.07) is 16.9. The minimum absolute atomic E-state index is 0.0191. The number of hydrazone groups is 1. The second kappa shape index (κ2) is 10.5. The highest BCUT2D eigenvalue weighted by atomic mass is 79.9. The predicted octanol–water partition coefficient (Wildman–Crippen LogP) is 5.02. The maximum atomic E-state index is 12.3. The van der Waals surface area contributed by atoms with E-state index in [4.69, 9.17) is 9.47 Å². The zero-order chi connectivity index (χ0) is 23.1. The van der Waals surface area contributed by atoms with Crippen LogP contribution in [-0.2, 0) is 6.61 Å². The van der Waals surface area contributed by atoms with E-state index in [0.29, 0.717) is 27.1 Å². The van der Waals surface area contributed by atoms with Gasteiger partial charge in [0.25, 0.3) is 11.6 Å². The molecule has 0 atom stereocenters. The summed E-state index contributed by atoms with van der Waals surface area (Å²) in [6.45, 7) is 2.06. The molecular weight excluding hydrogens is 478 g/mol. The number of hydrogen-bond acceptors (Lipinski definition) is 6. The molecule has 0 fully saturated rings. The third-order valence-electron chi connectivity index (χ3n) is 4.55. The van der Waals surface area contributed by atoms with Crippen LogP contribution in [0, 0.1) is 17.0 Å². The Hall–Kier alpha value is -3.72. The van der Waals surface area contributed by atoms with Crippen LogP contribution < -0.4 is 14.9 Å². The maximum absolute atomic E-state index is 12.3. The molecule has 8 nitrogen and oxygen atoms in total. The summed E-state index contributed by atoms with van der Waals surface area (Å²) in [5, 5.41) is 14.8. The number of carbonyl (C=O) groups excluding carboxylic acids is 1. The second-order valence-electron chi connectivity index (χ2n) is 6.76. The minimum Gasteiger partial charge on any atom is -0.493 e. The zero-order valence-corrected chi connectivity index (χ0v) is 19.0. The Kier molecular flexibility index (Phi) is 7.56. The number of nitro benzene ring substituents is 1. The van der Waals surface area contributed by atoms with Crippen LogP contribution in [0.1, 0.15) is 27.0 Å². The molecule has 32 heavy (non-hydrogen) atoms. The van der Waals surface area contributed by atoms with Crippen LogP contribution >= 0.6 is 15.9 Å². The first-order valence-electron chi connectivity index (χ1n) is 9.51. The number of rotatable bonds is 8. The van der Waals surface area contributed by atoms with Crippen molar-refractivity contribution in [3.05, 3.63) is 97.5 Å². The number of methoxy groups -OCH3 is 1. The van der Waals surface area contributed by atoms with Crippen molar-refractivity contribution >= 4 is 33.7 Å². The molecule has 164 valence electrons. The molecule has 0 saturated heterocycles. The summed E-state index contributed by atoms with van der Waals surface area (Å²) >= 11 is 3.47. The molecule has 0 bridgehead atoms. The first kappa shape index (κ1) is 23.0. The average molecular weight is 498 g/mol. The molecule has 0 saturated carbocycles. The number of amides is 1. The van der Waals surface area contributed by atoms with Crippen LogP contribution in [0.5, 0.6) is 11.5 Å². The van der Waals surface area contributed by atoms with Gasteiger partial charge < -0.3 is 9.47 Å². The Bertz CT molecular complexity index is 1160. The molecule has 9 heteroatoms.